The Hall–Kier alpha value is -1.56. The van der Waals surface area contributed by atoms with Gasteiger partial charge in [-0.1, -0.05) is 18.2 Å². The van der Waals surface area contributed by atoms with Gasteiger partial charge in [0.25, 0.3) is 5.91 Å². The van der Waals surface area contributed by atoms with Gasteiger partial charge in [-0.15, -0.1) is 0 Å². The summed E-state index contributed by atoms with van der Waals surface area (Å²) < 4.78 is 28.1. The van der Waals surface area contributed by atoms with Crippen LogP contribution in [-0.2, 0) is 14.6 Å². The Bertz CT molecular complexity index is 541. The second-order valence-corrected chi connectivity index (χ2v) is 6.89. The predicted octanol–water partition coefficient (Wildman–Crippen LogP) is 0.711. The highest BCUT2D eigenvalue weighted by Crippen LogP contribution is 2.17. The average molecular weight is 283 g/mol. The minimum atomic E-state index is -2.98. The van der Waals surface area contributed by atoms with Crippen LogP contribution in [0.5, 0.6) is 5.75 Å². The van der Waals surface area contributed by atoms with Crippen molar-refractivity contribution in [3.8, 4) is 5.75 Å². The van der Waals surface area contributed by atoms with E-state index >= 15 is 0 Å². The zero-order valence-corrected chi connectivity index (χ0v) is 11.6. The molecule has 0 aliphatic carbocycles. The summed E-state index contributed by atoms with van der Waals surface area (Å²) in [6.07, 6.45) is 0.510. The van der Waals surface area contributed by atoms with Crippen LogP contribution in [0.4, 0.5) is 0 Å². The lowest BCUT2D eigenvalue weighted by atomic mass is 10.2. The zero-order valence-electron chi connectivity index (χ0n) is 10.8. The van der Waals surface area contributed by atoms with Gasteiger partial charge in [-0.05, 0) is 18.6 Å². The van der Waals surface area contributed by atoms with Crippen LogP contribution < -0.4 is 4.74 Å². The van der Waals surface area contributed by atoms with Crippen LogP contribution in [0.3, 0.4) is 0 Å². The molecule has 1 aromatic carbocycles. The number of carbonyl (C=O) groups is 1. The molecular weight excluding hydrogens is 266 g/mol. The highest BCUT2D eigenvalue weighted by atomic mass is 32.2. The molecule has 1 aromatic rings. The zero-order chi connectivity index (χ0) is 13.9. The number of hydrogen-bond acceptors (Lipinski definition) is 4. The molecule has 0 N–H and O–H groups in total. The molecule has 104 valence electrons. The molecule has 1 aliphatic heterocycles. The molecule has 0 saturated carbocycles. The van der Waals surface area contributed by atoms with Gasteiger partial charge in [0.05, 0.1) is 11.5 Å². The Morgan fingerprint density at radius 1 is 1.37 bits per heavy atom. The molecular formula is C13H17NO4S. The summed E-state index contributed by atoms with van der Waals surface area (Å²) in [5.41, 5.74) is 0. The number of hydrogen-bond donors (Lipinski definition) is 0. The van der Waals surface area contributed by atoms with Crippen LogP contribution in [0.2, 0.25) is 0 Å². The molecule has 1 atom stereocenters. The van der Waals surface area contributed by atoms with E-state index in [2.05, 4.69) is 0 Å². The van der Waals surface area contributed by atoms with Gasteiger partial charge in [0.15, 0.2) is 16.4 Å². The normalized spacial score (nSPS) is 21.0. The smallest absolute Gasteiger partial charge is 0.260 e. The number of rotatable bonds is 4. The van der Waals surface area contributed by atoms with Gasteiger partial charge in [-0.3, -0.25) is 4.79 Å². The van der Waals surface area contributed by atoms with E-state index in [1.54, 1.807) is 19.2 Å². The van der Waals surface area contributed by atoms with Gasteiger partial charge in [0.1, 0.15) is 5.75 Å². The number of carbonyl (C=O) groups excluding carboxylic acids is 1. The molecule has 0 unspecified atom stereocenters. The molecule has 1 amide bonds. The van der Waals surface area contributed by atoms with E-state index in [1.165, 1.54) is 4.90 Å². The van der Waals surface area contributed by atoms with E-state index < -0.39 is 9.84 Å². The van der Waals surface area contributed by atoms with Crippen LogP contribution in [0.15, 0.2) is 30.3 Å². The largest absolute Gasteiger partial charge is 0.484 e. The molecule has 0 bridgehead atoms. The summed E-state index contributed by atoms with van der Waals surface area (Å²) in [5, 5.41) is 0. The Kier molecular flexibility index (Phi) is 4.09. The maximum atomic E-state index is 11.9. The third kappa shape index (κ3) is 3.70. The van der Waals surface area contributed by atoms with Crippen LogP contribution in [0, 0.1) is 0 Å². The molecule has 2 rings (SSSR count). The Labute approximate surface area is 113 Å². The number of sulfone groups is 1. The summed E-state index contributed by atoms with van der Waals surface area (Å²) in [7, 11) is -1.35. The number of para-hydroxylation sites is 1. The van der Waals surface area contributed by atoms with Crippen molar-refractivity contribution in [1.82, 2.24) is 4.90 Å². The summed E-state index contributed by atoms with van der Waals surface area (Å²) in [6, 6.07) is 8.84. The van der Waals surface area contributed by atoms with E-state index in [1.807, 2.05) is 18.2 Å². The monoisotopic (exact) mass is 283 g/mol. The Balaban J connectivity index is 1.87. The third-order valence-corrected chi connectivity index (χ3v) is 5.01. The number of ether oxygens (including phenoxy) is 1. The van der Waals surface area contributed by atoms with E-state index in [9.17, 15) is 13.2 Å². The molecule has 5 nitrogen and oxygen atoms in total. The van der Waals surface area contributed by atoms with Crippen LogP contribution in [0.25, 0.3) is 0 Å². The maximum Gasteiger partial charge on any atom is 0.260 e. The van der Waals surface area contributed by atoms with E-state index in [0.29, 0.717) is 12.2 Å². The first kappa shape index (κ1) is 13.9. The van der Waals surface area contributed by atoms with Crippen LogP contribution in [0.1, 0.15) is 6.42 Å². The van der Waals surface area contributed by atoms with Gasteiger partial charge >= 0.3 is 0 Å². The van der Waals surface area contributed by atoms with Crippen molar-refractivity contribution in [3.05, 3.63) is 30.3 Å². The van der Waals surface area contributed by atoms with Gasteiger partial charge in [-0.2, -0.15) is 0 Å². The highest BCUT2D eigenvalue weighted by Gasteiger charge is 2.32. The van der Waals surface area contributed by atoms with Crippen molar-refractivity contribution in [1.29, 1.82) is 0 Å². The summed E-state index contributed by atoms with van der Waals surface area (Å²) in [4.78, 5) is 13.4. The fraction of sp³-hybridized carbons (Fsp3) is 0.462. The lowest BCUT2D eigenvalue weighted by Gasteiger charge is -2.23. The average Bonchev–Trinajstić information content (AvgIpc) is 2.76. The topological polar surface area (TPSA) is 63.7 Å². The van der Waals surface area contributed by atoms with Crippen molar-refractivity contribution in [2.45, 2.75) is 12.5 Å². The minimum absolute atomic E-state index is 0.0561. The van der Waals surface area contributed by atoms with Gasteiger partial charge in [0, 0.05) is 13.1 Å². The van der Waals surface area contributed by atoms with Crippen molar-refractivity contribution in [2.24, 2.45) is 0 Å². The third-order valence-electron chi connectivity index (χ3n) is 3.26. The van der Waals surface area contributed by atoms with Crippen molar-refractivity contribution < 1.29 is 17.9 Å². The molecule has 1 heterocycles. The van der Waals surface area contributed by atoms with Crippen LogP contribution in [-0.4, -0.2) is 50.4 Å². The standard InChI is InChI=1S/C13H17NO4S/c1-14(11-7-8-19(16,17)10-11)13(15)9-18-12-5-3-2-4-6-12/h2-6,11H,7-10H2,1H3/t11-/m0/s1. The van der Waals surface area contributed by atoms with Gasteiger partial charge < -0.3 is 9.64 Å². The SMILES string of the molecule is CN(C(=O)COc1ccccc1)[C@H]1CCS(=O)(=O)C1. The number of nitrogens with zero attached hydrogens (tertiary/aromatic N) is 1. The van der Waals surface area contributed by atoms with Gasteiger partial charge in [-0.25, -0.2) is 8.42 Å². The van der Waals surface area contributed by atoms with Crippen molar-refractivity contribution in [3.63, 3.8) is 0 Å². The lowest BCUT2D eigenvalue weighted by molar-refractivity contribution is -0.133. The fourth-order valence-electron chi connectivity index (χ4n) is 2.05. The van der Waals surface area contributed by atoms with E-state index in [0.717, 1.165) is 0 Å². The second-order valence-electron chi connectivity index (χ2n) is 4.66. The molecule has 1 aliphatic rings. The highest BCUT2D eigenvalue weighted by molar-refractivity contribution is 7.91. The molecule has 1 fully saturated rings. The Morgan fingerprint density at radius 2 is 2.05 bits per heavy atom. The molecule has 0 spiro atoms. The molecule has 6 heteroatoms. The fourth-order valence-corrected chi connectivity index (χ4v) is 3.82. The van der Waals surface area contributed by atoms with E-state index in [-0.39, 0.29) is 30.1 Å². The first-order chi connectivity index (χ1) is 8.98. The van der Waals surface area contributed by atoms with Crippen molar-refractivity contribution in [2.75, 3.05) is 25.2 Å². The maximum absolute atomic E-state index is 11.9. The Morgan fingerprint density at radius 3 is 2.63 bits per heavy atom. The minimum Gasteiger partial charge on any atom is -0.484 e. The number of benzene rings is 1. The van der Waals surface area contributed by atoms with Crippen LogP contribution >= 0.6 is 0 Å². The van der Waals surface area contributed by atoms with Gasteiger partial charge in [0.2, 0.25) is 0 Å². The first-order valence-corrected chi connectivity index (χ1v) is 7.94. The summed E-state index contributed by atoms with van der Waals surface area (Å²) in [6.45, 7) is -0.0724. The number of amides is 1. The summed E-state index contributed by atoms with van der Waals surface area (Å²) in [5.74, 6) is 0.643. The van der Waals surface area contributed by atoms with E-state index in [4.69, 9.17) is 4.74 Å². The quantitative estimate of drug-likeness (QED) is 0.816. The van der Waals surface area contributed by atoms with Crippen molar-refractivity contribution >= 4 is 15.7 Å². The molecule has 0 radical (unpaired) electrons. The lowest BCUT2D eigenvalue weighted by Crippen LogP contribution is -2.40. The molecule has 19 heavy (non-hydrogen) atoms. The predicted molar refractivity (Wildman–Crippen MR) is 71.8 cm³/mol. The number of likely N-dealkylation sites (N-methyl/N-ethyl adjacent to an activating group) is 1. The molecule has 1 saturated heterocycles. The molecule has 0 aromatic heterocycles. The second kappa shape index (κ2) is 5.61. The summed E-state index contributed by atoms with van der Waals surface area (Å²) >= 11 is 0. The first-order valence-electron chi connectivity index (χ1n) is 6.12.